The Labute approximate surface area is 168 Å². The second-order valence-electron chi connectivity index (χ2n) is 9.28. The lowest BCUT2D eigenvalue weighted by Crippen LogP contribution is -2.59. The molecule has 0 unspecified atom stereocenters. The van der Waals surface area contributed by atoms with Crippen molar-refractivity contribution >= 4 is 11.8 Å². The number of rotatable bonds is 7. The van der Waals surface area contributed by atoms with Crippen LogP contribution in [0.3, 0.4) is 0 Å². The molecule has 0 spiro atoms. The van der Waals surface area contributed by atoms with Crippen LogP contribution in [0.25, 0.3) is 0 Å². The van der Waals surface area contributed by atoms with Gasteiger partial charge in [-0.15, -0.1) is 0 Å². The van der Waals surface area contributed by atoms with Crippen molar-refractivity contribution in [2.75, 3.05) is 19.6 Å². The summed E-state index contributed by atoms with van der Waals surface area (Å²) in [5.74, 6) is 0.171. The molecular weight excluding hydrogens is 350 g/mol. The molecule has 1 aromatic carbocycles. The molecule has 1 saturated heterocycles. The third-order valence-electron chi connectivity index (χ3n) is 7.39. The van der Waals surface area contributed by atoms with Crippen LogP contribution >= 0.6 is 0 Å². The van der Waals surface area contributed by atoms with Crippen molar-refractivity contribution in [1.29, 1.82) is 0 Å². The first-order valence-corrected chi connectivity index (χ1v) is 10.9. The number of amides is 2. The van der Waals surface area contributed by atoms with Crippen LogP contribution in [0.15, 0.2) is 30.3 Å². The smallest absolute Gasteiger partial charge is 0.243 e. The number of carbonyl (C=O) groups is 2. The summed E-state index contributed by atoms with van der Waals surface area (Å²) in [7, 11) is 0. The summed E-state index contributed by atoms with van der Waals surface area (Å²) in [5, 5.41) is 3.02. The highest BCUT2D eigenvalue weighted by Crippen LogP contribution is 2.57. The molecule has 2 amide bonds. The van der Waals surface area contributed by atoms with Gasteiger partial charge in [0.2, 0.25) is 11.8 Å². The van der Waals surface area contributed by atoms with E-state index in [4.69, 9.17) is 5.73 Å². The highest BCUT2D eigenvalue weighted by atomic mass is 16.2. The van der Waals surface area contributed by atoms with Gasteiger partial charge in [-0.05, 0) is 81.4 Å². The fraction of sp³-hybridized carbons (Fsp3) is 0.652. The lowest BCUT2D eigenvalue weighted by atomic mass is 9.70. The van der Waals surface area contributed by atoms with Crippen molar-refractivity contribution in [2.24, 2.45) is 17.1 Å². The maximum Gasteiger partial charge on any atom is 0.243 e. The SMILES string of the molecule is NC(=O)C1(NC(=O)Cc2ccccc2)CCC(C2(CN3CCCC3)CC2)CC1. The number of benzene rings is 1. The molecule has 0 aromatic heterocycles. The van der Waals surface area contributed by atoms with E-state index in [9.17, 15) is 9.59 Å². The molecule has 3 aliphatic rings. The number of hydrogen-bond acceptors (Lipinski definition) is 3. The van der Waals surface area contributed by atoms with E-state index in [0.29, 0.717) is 24.2 Å². The number of likely N-dealkylation sites (tertiary alicyclic amines) is 1. The van der Waals surface area contributed by atoms with E-state index >= 15 is 0 Å². The van der Waals surface area contributed by atoms with Gasteiger partial charge in [-0.3, -0.25) is 9.59 Å². The molecule has 3 N–H and O–H groups in total. The summed E-state index contributed by atoms with van der Waals surface area (Å²) >= 11 is 0. The molecule has 1 aliphatic heterocycles. The van der Waals surface area contributed by atoms with Gasteiger partial charge in [0.25, 0.3) is 0 Å². The topological polar surface area (TPSA) is 75.4 Å². The van der Waals surface area contributed by atoms with Crippen molar-refractivity contribution in [3.8, 4) is 0 Å². The molecule has 5 heteroatoms. The van der Waals surface area contributed by atoms with Crippen LogP contribution in [0.4, 0.5) is 0 Å². The molecule has 2 aliphatic carbocycles. The fourth-order valence-electron chi connectivity index (χ4n) is 5.49. The summed E-state index contributed by atoms with van der Waals surface area (Å²) < 4.78 is 0. The number of nitrogens with one attached hydrogen (secondary N) is 1. The largest absolute Gasteiger partial charge is 0.368 e. The molecule has 152 valence electrons. The van der Waals surface area contributed by atoms with Crippen molar-refractivity contribution in [3.63, 3.8) is 0 Å². The van der Waals surface area contributed by atoms with E-state index in [-0.39, 0.29) is 18.2 Å². The zero-order valence-corrected chi connectivity index (χ0v) is 16.8. The Morgan fingerprint density at radius 3 is 2.25 bits per heavy atom. The van der Waals surface area contributed by atoms with E-state index in [1.54, 1.807) is 0 Å². The van der Waals surface area contributed by atoms with E-state index in [0.717, 1.165) is 18.4 Å². The summed E-state index contributed by atoms with van der Waals surface area (Å²) in [6.45, 7) is 3.71. The minimum Gasteiger partial charge on any atom is -0.368 e. The van der Waals surface area contributed by atoms with Crippen molar-refractivity contribution in [2.45, 2.75) is 63.3 Å². The van der Waals surface area contributed by atoms with Crippen LogP contribution in [0, 0.1) is 11.3 Å². The second kappa shape index (κ2) is 7.86. The Morgan fingerprint density at radius 1 is 1.04 bits per heavy atom. The first-order valence-electron chi connectivity index (χ1n) is 10.9. The van der Waals surface area contributed by atoms with Crippen molar-refractivity contribution < 1.29 is 9.59 Å². The number of hydrogen-bond donors (Lipinski definition) is 2. The van der Waals surface area contributed by atoms with E-state index in [2.05, 4.69) is 10.2 Å². The molecule has 3 fully saturated rings. The predicted molar refractivity (Wildman–Crippen MR) is 110 cm³/mol. The van der Waals surface area contributed by atoms with Gasteiger partial charge in [0, 0.05) is 6.54 Å². The van der Waals surface area contributed by atoms with Gasteiger partial charge in [0.05, 0.1) is 6.42 Å². The summed E-state index contributed by atoms with van der Waals surface area (Å²) in [6.07, 6.45) is 8.92. The predicted octanol–water partition coefficient (Wildman–Crippen LogP) is 2.64. The molecule has 0 bridgehead atoms. The summed E-state index contributed by atoms with van der Waals surface area (Å²) in [4.78, 5) is 27.5. The van der Waals surface area contributed by atoms with E-state index in [1.807, 2.05) is 30.3 Å². The number of nitrogens with two attached hydrogens (primary N) is 1. The molecular formula is C23H33N3O2. The van der Waals surface area contributed by atoms with Gasteiger partial charge in [-0.1, -0.05) is 30.3 Å². The van der Waals surface area contributed by atoms with E-state index in [1.165, 1.54) is 45.3 Å². The highest BCUT2D eigenvalue weighted by molar-refractivity contribution is 5.91. The molecule has 5 nitrogen and oxygen atoms in total. The minimum atomic E-state index is -0.869. The Bertz CT molecular complexity index is 700. The standard InChI is InChI=1S/C23H33N3O2/c24-21(28)23(25-20(27)16-18-6-2-1-3-7-18)10-8-19(9-11-23)22(12-13-22)17-26-14-4-5-15-26/h1-3,6-7,19H,4-5,8-17H2,(H2,24,28)(H,25,27). The summed E-state index contributed by atoms with van der Waals surface area (Å²) in [6, 6.07) is 9.65. The van der Waals surface area contributed by atoms with Crippen LogP contribution in [-0.2, 0) is 16.0 Å². The average Bonchev–Trinajstić information content (AvgIpc) is 3.28. The van der Waals surface area contributed by atoms with Crippen LogP contribution in [0.5, 0.6) is 0 Å². The van der Waals surface area contributed by atoms with Crippen molar-refractivity contribution in [3.05, 3.63) is 35.9 Å². The minimum absolute atomic E-state index is 0.110. The molecule has 0 radical (unpaired) electrons. The quantitative estimate of drug-likeness (QED) is 0.760. The van der Waals surface area contributed by atoms with Gasteiger partial charge in [-0.25, -0.2) is 0 Å². The Hall–Kier alpha value is -1.88. The first-order chi connectivity index (χ1) is 13.5. The summed E-state index contributed by atoms with van der Waals surface area (Å²) in [5.41, 5.74) is 6.33. The maximum atomic E-state index is 12.6. The fourth-order valence-corrected chi connectivity index (χ4v) is 5.49. The second-order valence-corrected chi connectivity index (χ2v) is 9.28. The Kier molecular flexibility index (Phi) is 5.46. The number of carbonyl (C=O) groups excluding carboxylic acids is 2. The van der Waals surface area contributed by atoms with Gasteiger partial charge >= 0.3 is 0 Å². The first kappa shape index (κ1) is 19.4. The molecule has 0 atom stereocenters. The Balaban J connectivity index is 1.36. The maximum absolute atomic E-state index is 12.6. The highest BCUT2D eigenvalue weighted by Gasteiger charge is 2.53. The van der Waals surface area contributed by atoms with Crippen LogP contribution in [0.2, 0.25) is 0 Å². The molecule has 28 heavy (non-hydrogen) atoms. The molecule has 1 aromatic rings. The average molecular weight is 384 g/mol. The zero-order valence-electron chi connectivity index (χ0n) is 16.8. The zero-order chi connectivity index (χ0) is 19.6. The van der Waals surface area contributed by atoms with Crippen LogP contribution < -0.4 is 11.1 Å². The number of primary amides is 1. The Morgan fingerprint density at radius 2 is 1.68 bits per heavy atom. The third kappa shape index (κ3) is 4.09. The normalized spacial score (nSPS) is 29.4. The van der Waals surface area contributed by atoms with Crippen LogP contribution in [-0.4, -0.2) is 41.9 Å². The van der Waals surface area contributed by atoms with Gasteiger partial charge in [-0.2, -0.15) is 0 Å². The molecule has 4 rings (SSSR count). The van der Waals surface area contributed by atoms with Gasteiger partial charge in [0.15, 0.2) is 0 Å². The molecule has 2 saturated carbocycles. The monoisotopic (exact) mass is 383 g/mol. The number of nitrogens with zero attached hydrogens (tertiary/aromatic N) is 1. The van der Waals surface area contributed by atoms with Crippen molar-refractivity contribution in [1.82, 2.24) is 10.2 Å². The van der Waals surface area contributed by atoms with Gasteiger partial charge < -0.3 is 16.0 Å². The third-order valence-corrected chi connectivity index (χ3v) is 7.39. The lowest BCUT2D eigenvalue weighted by molar-refractivity contribution is -0.133. The van der Waals surface area contributed by atoms with Gasteiger partial charge in [0.1, 0.15) is 5.54 Å². The lowest BCUT2D eigenvalue weighted by Gasteiger charge is -2.42. The molecule has 1 heterocycles. The van der Waals surface area contributed by atoms with Crippen LogP contribution in [0.1, 0.15) is 56.9 Å². The van der Waals surface area contributed by atoms with E-state index < -0.39 is 5.54 Å².